The summed E-state index contributed by atoms with van der Waals surface area (Å²) < 4.78 is 5.42. The van der Waals surface area contributed by atoms with Gasteiger partial charge in [-0.3, -0.25) is 4.79 Å². The maximum atomic E-state index is 11.9. The summed E-state index contributed by atoms with van der Waals surface area (Å²) in [5, 5.41) is 0. The van der Waals surface area contributed by atoms with E-state index in [0.717, 1.165) is 17.0 Å². The van der Waals surface area contributed by atoms with Gasteiger partial charge in [-0.25, -0.2) is 0 Å². The fraction of sp³-hybridized carbons (Fsp3) is 0.462. The van der Waals surface area contributed by atoms with Crippen molar-refractivity contribution >= 4 is 11.6 Å². The van der Waals surface area contributed by atoms with Crippen LogP contribution in [0.25, 0.3) is 0 Å². The lowest BCUT2D eigenvalue weighted by atomic mass is 10.1. The van der Waals surface area contributed by atoms with Gasteiger partial charge in [-0.2, -0.15) is 0 Å². The van der Waals surface area contributed by atoms with Crippen molar-refractivity contribution < 1.29 is 9.53 Å². The Labute approximate surface area is 101 Å². The van der Waals surface area contributed by atoms with Gasteiger partial charge >= 0.3 is 0 Å². The zero-order chi connectivity index (χ0) is 12.4. The highest BCUT2D eigenvalue weighted by atomic mass is 16.5. The average molecular weight is 234 g/mol. The van der Waals surface area contributed by atoms with Crippen LogP contribution in [0.2, 0.25) is 0 Å². The summed E-state index contributed by atoms with van der Waals surface area (Å²) >= 11 is 0. The van der Waals surface area contributed by atoms with Crippen LogP contribution in [0.1, 0.15) is 19.4 Å². The lowest BCUT2D eigenvalue weighted by Crippen LogP contribution is -2.41. The zero-order valence-corrected chi connectivity index (χ0v) is 10.3. The zero-order valence-electron chi connectivity index (χ0n) is 10.3. The Kier molecular flexibility index (Phi) is 3.33. The molecule has 2 rings (SSSR count). The Bertz CT molecular complexity index is 429. The first kappa shape index (κ1) is 11.9. The highest BCUT2D eigenvalue weighted by Crippen LogP contribution is 2.33. The van der Waals surface area contributed by atoms with E-state index in [2.05, 4.69) is 13.8 Å². The van der Waals surface area contributed by atoms with Crippen molar-refractivity contribution in [2.24, 2.45) is 11.7 Å². The van der Waals surface area contributed by atoms with E-state index in [-0.39, 0.29) is 12.5 Å². The average Bonchev–Trinajstić information content (AvgIpc) is 2.32. The van der Waals surface area contributed by atoms with Crippen LogP contribution in [0, 0.1) is 5.92 Å². The van der Waals surface area contributed by atoms with E-state index < -0.39 is 0 Å². The molecule has 2 N–H and O–H groups in total. The fourth-order valence-corrected chi connectivity index (χ4v) is 1.94. The van der Waals surface area contributed by atoms with Gasteiger partial charge in [-0.05, 0) is 23.6 Å². The van der Waals surface area contributed by atoms with Crippen molar-refractivity contribution in [1.82, 2.24) is 0 Å². The van der Waals surface area contributed by atoms with E-state index >= 15 is 0 Å². The molecule has 1 aliphatic rings. The number of ether oxygens (including phenoxy) is 1. The lowest BCUT2D eigenvalue weighted by molar-refractivity contribution is -0.121. The number of carbonyl (C=O) groups excluding carboxylic acids is 1. The van der Waals surface area contributed by atoms with E-state index in [4.69, 9.17) is 10.5 Å². The fourth-order valence-electron chi connectivity index (χ4n) is 1.94. The van der Waals surface area contributed by atoms with E-state index in [1.807, 2.05) is 18.2 Å². The van der Waals surface area contributed by atoms with Crippen LogP contribution in [0.15, 0.2) is 18.2 Å². The second-order valence-electron chi connectivity index (χ2n) is 4.69. The van der Waals surface area contributed by atoms with Gasteiger partial charge in [-0.1, -0.05) is 19.9 Å². The molecule has 0 aromatic heterocycles. The Morgan fingerprint density at radius 3 is 2.88 bits per heavy atom. The second-order valence-corrected chi connectivity index (χ2v) is 4.69. The molecule has 0 bridgehead atoms. The van der Waals surface area contributed by atoms with E-state index in [1.165, 1.54) is 0 Å². The van der Waals surface area contributed by atoms with Crippen molar-refractivity contribution in [2.75, 3.05) is 18.1 Å². The maximum Gasteiger partial charge on any atom is 0.265 e. The van der Waals surface area contributed by atoms with Gasteiger partial charge in [0.15, 0.2) is 6.61 Å². The second kappa shape index (κ2) is 4.75. The minimum Gasteiger partial charge on any atom is -0.482 e. The van der Waals surface area contributed by atoms with Gasteiger partial charge in [-0.15, -0.1) is 0 Å². The number of nitrogens with zero attached hydrogens (tertiary/aromatic N) is 1. The van der Waals surface area contributed by atoms with Crippen molar-refractivity contribution in [3.8, 4) is 5.75 Å². The summed E-state index contributed by atoms with van der Waals surface area (Å²) in [4.78, 5) is 13.7. The molecule has 1 heterocycles. The van der Waals surface area contributed by atoms with Gasteiger partial charge in [0.1, 0.15) is 5.75 Å². The summed E-state index contributed by atoms with van der Waals surface area (Å²) in [5.74, 6) is 1.20. The van der Waals surface area contributed by atoms with Gasteiger partial charge in [0.05, 0.1) is 5.69 Å². The van der Waals surface area contributed by atoms with Crippen LogP contribution in [0.4, 0.5) is 5.69 Å². The molecule has 0 unspecified atom stereocenters. The number of rotatable bonds is 3. The smallest absolute Gasteiger partial charge is 0.265 e. The molecule has 1 aromatic rings. The molecule has 4 nitrogen and oxygen atoms in total. The minimum absolute atomic E-state index is 0.0142. The van der Waals surface area contributed by atoms with Crippen molar-refractivity contribution in [3.63, 3.8) is 0 Å². The third-order valence-electron chi connectivity index (χ3n) is 2.75. The largest absolute Gasteiger partial charge is 0.482 e. The van der Waals surface area contributed by atoms with Crippen LogP contribution in [-0.2, 0) is 11.3 Å². The number of hydrogen-bond acceptors (Lipinski definition) is 3. The molecule has 1 aromatic carbocycles. The maximum absolute atomic E-state index is 11.9. The summed E-state index contributed by atoms with van der Waals surface area (Å²) in [6.07, 6.45) is 0. The molecule has 0 saturated heterocycles. The van der Waals surface area contributed by atoms with Gasteiger partial charge in [0.25, 0.3) is 5.91 Å². The monoisotopic (exact) mass is 234 g/mol. The number of nitrogens with two attached hydrogens (primary N) is 1. The standard InChI is InChI=1S/C13H18N2O2/c1-9(2)7-15-11-5-10(6-14)3-4-12(11)17-8-13(15)16/h3-5,9H,6-8,14H2,1-2H3. The van der Waals surface area contributed by atoms with E-state index in [1.54, 1.807) is 4.90 Å². The number of benzene rings is 1. The summed E-state index contributed by atoms with van der Waals surface area (Å²) in [5.41, 5.74) is 7.48. The normalized spacial score (nSPS) is 14.8. The van der Waals surface area contributed by atoms with Crippen LogP contribution < -0.4 is 15.4 Å². The summed E-state index contributed by atoms with van der Waals surface area (Å²) in [6, 6.07) is 5.76. The number of anilines is 1. The molecule has 1 amide bonds. The molecular weight excluding hydrogens is 216 g/mol. The van der Waals surface area contributed by atoms with Crippen LogP contribution in [-0.4, -0.2) is 19.1 Å². The molecular formula is C13H18N2O2. The number of amides is 1. The predicted octanol–water partition coefficient (Wildman–Crippen LogP) is 1.53. The van der Waals surface area contributed by atoms with Crippen molar-refractivity contribution in [1.29, 1.82) is 0 Å². The first-order chi connectivity index (χ1) is 8.11. The van der Waals surface area contributed by atoms with Crippen LogP contribution >= 0.6 is 0 Å². The molecule has 0 radical (unpaired) electrons. The van der Waals surface area contributed by atoms with E-state index in [9.17, 15) is 4.79 Å². The molecule has 4 heteroatoms. The highest BCUT2D eigenvalue weighted by molar-refractivity contribution is 5.97. The van der Waals surface area contributed by atoms with Gasteiger partial charge in [0, 0.05) is 13.1 Å². The Hall–Kier alpha value is -1.55. The highest BCUT2D eigenvalue weighted by Gasteiger charge is 2.25. The predicted molar refractivity (Wildman–Crippen MR) is 67.0 cm³/mol. The Morgan fingerprint density at radius 1 is 1.47 bits per heavy atom. The summed E-state index contributed by atoms with van der Waals surface area (Å²) in [6.45, 7) is 5.49. The lowest BCUT2D eigenvalue weighted by Gasteiger charge is -2.31. The molecule has 1 aliphatic heterocycles. The summed E-state index contributed by atoms with van der Waals surface area (Å²) in [7, 11) is 0. The third kappa shape index (κ3) is 2.42. The SMILES string of the molecule is CC(C)CN1C(=O)COc2ccc(CN)cc21. The van der Waals surface area contributed by atoms with Gasteiger partial charge in [0.2, 0.25) is 0 Å². The molecule has 0 fully saturated rings. The molecule has 0 saturated carbocycles. The molecule has 0 aliphatic carbocycles. The topological polar surface area (TPSA) is 55.6 Å². The minimum atomic E-state index is 0.0142. The molecule has 0 spiro atoms. The van der Waals surface area contributed by atoms with Crippen molar-refractivity contribution in [2.45, 2.75) is 20.4 Å². The molecule has 0 atom stereocenters. The van der Waals surface area contributed by atoms with Crippen LogP contribution in [0.5, 0.6) is 5.75 Å². The van der Waals surface area contributed by atoms with Crippen LogP contribution in [0.3, 0.4) is 0 Å². The van der Waals surface area contributed by atoms with Gasteiger partial charge < -0.3 is 15.4 Å². The Balaban J connectivity index is 2.37. The first-order valence-corrected chi connectivity index (χ1v) is 5.88. The Morgan fingerprint density at radius 2 is 2.24 bits per heavy atom. The number of carbonyl (C=O) groups is 1. The number of fused-ring (bicyclic) bond motifs is 1. The third-order valence-corrected chi connectivity index (χ3v) is 2.75. The van der Waals surface area contributed by atoms with Crippen molar-refractivity contribution in [3.05, 3.63) is 23.8 Å². The first-order valence-electron chi connectivity index (χ1n) is 5.88. The molecule has 92 valence electrons. The van der Waals surface area contributed by atoms with E-state index in [0.29, 0.717) is 19.0 Å². The number of hydrogen-bond donors (Lipinski definition) is 1. The quantitative estimate of drug-likeness (QED) is 0.862. The molecule has 17 heavy (non-hydrogen) atoms.